The highest BCUT2D eigenvalue weighted by atomic mass is 79.9. The van der Waals surface area contributed by atoms with Crippen LogP contribution in [0.15, 0.2) is 46.9 Å². The number of likely N-dealkylation sites (tertiary alicyclic amines) is 1. The van der Waals surface area contributed by atoms with Gasteiger partial charge in [-0.15, -0.1) is 0 Å². The SMILES string of the molecule is CC(C)(C)OC(=O)N1CC[C@@]2(Cc3ccc(F)cc3)c3ccc(Br)cc3CC[C@@H]12. The molecule has 0 N–H and O–H groups in total. The smallest absolute Gasteiger partial charge is 0.410 e. The number of benzene rings is 2. The Morgan fingerprint density at radius 1 is 1.24 bits per heavy atom. The van der Waals surface area contributed by atoms with Gasteiger partial charge in [0.15, 0.2) is 0 Å². The number of aryl methyl sites for hydroxylation is 1. The quantitative estimate of drug-likeness (QED) is 0.548. The molecule has 0 saturated carbocycles. The van der Waals surface area contributed by atoms with Crippen LogP contribution in [0.25, 0.3) is 0 Å². The van der Waals surface area contributed by atoms with Crippen LogP contribution in [0.3, 0.4) is 0 Å². The molecule has 1 amide bonds. The molecule has 2 aromatic rings. The molecule has 0 bridgehead atoms. The molecule has 2 aromatic carbocycles. The van der Waals surface area contributed by atoms with E-state index in [9.17, 15) is 9.18 Å². The minimum absolute atomic E-state index is 0.0797. The molecular weight excluding hydrogens is 433 g/mol. The summed E-state index contributed by atoms with van der Waals surface area (Å²) < 4.78 is 20.3. The zero-order valence-corrected chi connectivity index (χ0v) is 18.8. The van der Waals surface area contributed by atoms with E-state index in [-0.39, 0.29) is 23.4 Å². The van der Waals surface area contributed by atoms with Crippen LogP contribution >= 0.6 is 15.9 Å². The molecule has 4 rings (SSSR count). The Balaban J connectivity index is 1.74. The van der Waals surface area contributed by atoms with Crippen LogP contribution in [0.5, 0.6) is 0 Å². The van der Waals surface area contributed by atoms with Crippen molar-refractivity contribution in [2.75, 3.05) is 6.54 Å². The summed E-state index contributed by atoms with van der Waals surface area (Å²) in [5, 5.41) is 0. The third-order valence-electron chi connectivity index (χ3n) is 6.16. The van der Waals surface area contributed by atoms with E-state index in [0.717, 1.165) is 35.7 Å². The Labute approximate surface area is 180 Å². The fourth-order valence-corrected chi connectivity index (χ4v) is 5.45. The molecule has 0 unspecified atom stereocenters. The highest BCUT2D eigenvalue weighted by Gasteiger charge is 2.53. The van der Waals surface area contributed by atoms with E-state index in [0.29, 0.717) is 6.54 Å². The topological polar surface area (TPSA) is 29.5 Å². The van der Waals surface area contributed by atoms with E-state index in [1.54, 1.807) is 0 Å². The van der Waals surface area contributed by atoms with Gasteiger partial charge < -0.3 is 9.64 Å². The van der Waals surface area contributed by atoms with E-state index in [1.807, 2.05) is 37.8 Å². The van der Waals surface area contributed by atoms with Gasteiger partial charge in [0.1, 0.15) is 11.4 Å². The molecule has 1 saturated heterocycles. The van der Waals surface area contributed by atoms with Crippen molar-refractivity contribution in [2.24, 2.45) is 0 Å². The summed E-state index contributed by atoms with van der Waals surface area (Å²) in [7, 11) is 0. The number of carbonyl (C=O) groups excluding carboxylic acids is 1. The van der Waals surface area contributed by atoms with Gasteiger partial charge in [-0.3, -0.25) is 0 Å². The van der Waals surface area contributed by atoms with Crippen molar-refractivity contribution in [3.63, 3.8) is 0 Å². The second-order valence-electron chi connectivity index (χ2n) is 9.24. The third kappa shape index (κ3) is 3.94. The maximum atomic E-state index is 13.5. The van der Waals surface area contributed by atoms with Gasteiger partial charge in [-0.25, -0.2) is 9.18 Å². The van der Waals surface area contributed by atoms with E-state index >= 15 is 0 Å². The number of nitrogens with zero attached hydrogens (tertiary/aromatic N) is 1. The van der Waals surface area contributed by atoms with Gasteiger partial charge in [0.05, 0.1) is 0 Å². The van der Waals surface area contributed by atoms with Crippen molar-refractivity contribution in [2.45, 2.75) is 63.5 Å². The molecule has 2 aliphatic rings. The molecule has 0 aromatic heterocycles. The van der Waals surface area contributed by atoms with E-state index in [4.69, 9.17) is 4.74 Å². The molecule has 1 heterocycles. The number of fused-ring (bicyclic) bond motifs is 3. The molecule has 1 aliphatic heterocycles. The van der Waals surface area contributed by atoms with Crippen LogP contribution in [0, 0.1) is 5.82 Å². The van der Waals surface area contributed by atoms with Crippen LogP contribution in [-0.2, 0) is 23.0 Å². The Bertz CT molecular complexity index is 921. The first-order valence-electron chi connectivity index (χ1n) is 10.2. The highest BCUT2D eigenvalue weighted by molar-refractivity contribution is 9.10. The third-order valence-corrected chi connectivity index (χ3v) is 6.66. The van der Waals surface area contributed by atoms with Crippen molar-refractivity contribution in [1.82, 2.24) is 4.90 Å². The predicted molar refractivity (Wildman–Crippen MR) is 116 cm³/mol. The number of amides is 1. The Morgan fingerprint density at radius 3 is 2.66 bits per heavy atom. The summed E-state index contributed by atoms with van der Waals surface area (Å²) in [5.41, 5.74) is 3.05. The first-order chi connectivity index (χ1) is 13.7. The average Bonchev–Trinajstić information content (AvgIpc) is 3.01. The summed E-state index contributed by atoms with van der Waals surface area (Å²) in [6.45, 7) is 6.39. The largest absolute Gasteiger partial charge is 0.444 e. The number of rotatable bonds is 2. The van der Waals surface area contributed by atoms with Gasteiger partial charge in [-0.1, -0.05) is 34.1 Å². The van der Waals surface area contributed by atoms with E-state index < -0.39 is 5.60 Å². The second-order valence-corrected chi connectivity index (χ2v) is 10.2. The molecule has 29 heavy (non-hydrogen) atoms. The standard InChI is InChI=1S/C24H27BrFNO2/c1-23(2,3)29-22(28)27-13-12-24(15-16-4-8-19(26)9-5-16)20-10-7-18(25)14-17(20)6-11-21(24)27/h4-5,7-10,14,21H,6,11-13,15H2,1-3H3/t21-,24-/m1/s1. The van der Waals surface area contributed by atoms with Crippen molar-refractivity contribution >= 4 is 22.0 Å². The molecule has 0 spiro atoms. The normalized spacial score (nSPS) is 23.5. The first kappa shape index (κ1) is 20.4. The zero-order valence-electron chi connectivity index (χ0n) is 17.2. The minimum Gasteiger partial charge on any atom is -0.444 e. The molecule has 2 atom stereocenters. The van der Waals surface area contributed by atoms with Gasteiger partial charge >= 0.3 is 6.09 Å². The first-order valence-corrected chi connectivity index (χ1v) is 11.0. The predicted octanol–water partition coefficient (Wildman–Crippen LogP) is 6.02. The molecule has 5 heteroatoms. The lowest BCUT2D eigenvalue weighted by molar-refractivity contribution is 0.0180. The summed E-state index contributed by atoms with van der Waals surface area (Å²) in [5.74, 6) is -0.224. The lowest BCUT2D eigenvalue weighted by Gasteiger charge is -2.43. The fourth-order valence-electron chi connectivity index (χ4n) is 5.04. The molecule has 154 valence electrons. The van der Waals surface area contributed by atoms with Crippen LogP contribution < -0.4 is 0 Å². The zero-order chi connectivity index (χ0) is 20.8. The monoisotopic (exact) mass is 459 g/mol. The van der Waals surface area contributed by atoms with E-state index in [2.05, 4.69) is 34.1 Å². The summed E-state index contributed by atoms with van der Waals surface area (Å²) in [6.07, 6.45) is 3.27. The molecule has 3 nitrogen and oxygen atoms in total. The van der Waals surface area contributed by atoms with Crippen molar-refractivity contribution < 1.29 is 13.9 Å². The van der Waals surface area contributed by atoms with Crippen LogP contribution in [0.2, 0.25) is 0 Å². The van der Waals surface area contributed by atoms with Gasteiger partial charge in [0.2, 0.25) is 0 Å². The fraction of sp³-hybridized carbons (Fsp3) is 0.458. The maximum Gasteiger partial charge on any atom is 0.410 e. The number of halogens is 2. The maximum absolute atomic E-state index is 13.5. The molecule has 0 radical (unpaired) electrons. The summed E-state index contributed by atoms with van der Waals surface area (Å²) in [6, 6.07) is 13.3. The summed E-state index contributed by atoms with van der Waals surface area (Å²) in [4.78, 5) is 14.9. The lowest BCUT2D eigenvalue weighted by Crippen LogP contribution is -2.50. The number of hydrogen-bond acceptors (Lipinski definition) is 2. The van der Waals surface area contributed by atoms with E-state index in [1.165, 1.54) is 23.3 Å². The second kappa shape index (κ2) is 7.42. The molecule has 1 fully saturated rings. The molecular formula is C24H27BrFNO2. The van der Waals surface area contributed by atoms with Gasteiger partial charge in [0.25, 0.3) is 0 Å². The number of hydrogen-bond donors (Lipinski definition) is 0. The van der Waals surface area contributed by atoms with Crippen LogP contribution in [0.1, 0.15) is 50.3 Å². The average molecular weight is 460 g/mol. The lowest BCUT2D eigenvalue weighted by atomic mass is 9.64. The Hall–Kier alpha value is -1.88. The molecule has 1 aliphatic carbocycles. The summed E-state index contributed by atoms with van der Waals surface area (Å²) >= 11 is 3.60. The number of ether oxygens (including phenoxy) is 1. The van der Waals surface area contributed by atoms with Gasteiger partial charge in [-0.05, 0) is 87.4 Å². The van der Waals surface area contributed by atoms with Crippen molar-refractivity contribution in [3.05, 3.63) is 69.4 Å². The Morgan fingerprint density at radius 2 is 1.97 bits per heavy atom. The van der Waals surface area contributed by atoms with Gasteiger partial charge in [0, 0.05) is 22.5 Å². The number of carbonyl (C=O) groups is 1. The van der Waals surface area contributed by atoms with Crippen LogP contribution in [0.4, 0.5) is 9.18 Å². The van der Waals surface area contributed by atoms with Crippen molar-refractivity contribution in [3.8, 4) is 0 Å². The van der Waals surface area contributed by atoms with Crippen LogP contribution in [-0.4, -0.2) is 29.2 Å². The minimum atomic E-state index is -0.517. The van der Waals surface area contributed by atoms with Crippen molar-refractivity contribution in [1.29, 1.82) is 0 Å². The highest BCUT2D eigenvalue weighted by Crippen LogP contribution is 2.49. The van der Waals surface area contributed by atoms with Gasteiger partial charge in [-0.2, -0.15) is 0 Å². The Kier molecular flexibility index (Phi) is 5.22.